The number of nitrogens with one attached hydrogen (secondary N) is 1. The number of rotatable bonds is 8. The Morgan fingerprint density at radius 2 is 2.23 bits per heavy atom. The predicted molar refractivity (Wildman–Crippen MR) is 86.8 cm³/mol. The number of hydrogen-bond donors (Lipinski definition) is 1. The van der Waals surface area contributed by atoms with Crippen LogP contribution in [0.15, 0.2) is 0 Å². The second-order valence-corrected chi connectivity index (χ2v) is 6.85. The van der Waals surface area contributed by atoms with Crippen LogP contribution < -0.4 is 5.32 Å². The van der Waals surface area contributed by atoms with E-state index in [1.54, 1.807) is 7.11 Å². The minimum Gasteiger partial charge on any atom is -0.382 e. The standard InChI is InChI=1S/C17H32N2O3/c1-14(16-4-3-6-18-11-16)10-17(20)19-7-5-15(12-19)13-22-9-8-21-2/h14-16,18H,3-13H2,1-2H3. The molecule has 0 aromatic carbocycles. The molecule has 0 radical (unpaired) electrons. The monoisotopic (exact) mass is 312 g/mol. The van der Waals surface area contributed by atoms with E-state index in [0.29, 0.717) is 43.3 Å². The number of hydrogen-bond acceptors (Lipinski definition) is 4. The Morgan fingerprint density at radius 3 is 2.95 bits per heavy atom. The number of carbonyl (C=O) groups is 1. The van der Waals surface area contributed by atoms with Crippen LogP contribution in [-0.2, 0) is 14.3 Å². The normalized spacial score (nSPS) is 27.1. The zero-order valence-electron chi connectivity index (χ0n) is 14.2. The fourth-order valence-corrected chi connectivity index (χ4v) is 3.52. The lowest BCUT2D eigenvalue weighted by atomic mass is 9.85. The first-order chi connectivity index (χ1) is 10.7. The van der Waals surface area contributed by atoms with Gasteiger partial charge in [-0.05, 0) is 44.2 Å². The Bertz CT molecular complexity index is 332. The van der Waals surface area contributed by atoms with Crippen LogP contribution in [0, 0.1) is 17.8 Å². The SMILES string of the molecule is COCCOCC1CCN(C(=O)CC(C)C2CCCNC2)C1. The molecule has 3 unspecified atom stereocenters. The van der Waals surface area contributed by atoms with E-state index in [-0.39, 0.29) is 0 Å². The summed E-state index contributed by atoms with van der Waals surface area (Å²) in [5.74, 6) is 1.97. The summed E-state index contributed by atoms with van der Waals surface area (Å²) in [4.78, 5) is 14.5. The van der Waals surface area contributed by atoms with Crippen LogP contribution >= 0.6 is 0 Å². The number of amides is 1. The number of ether oxygens (including phenoxy) is 2. The van der Waals surface area contributed by atoms with Crippen molar-refractivity contribution >= 4 is 5.91 Å². The van der Waals surface area contributed by atoms with Crippen LogP contribution in [0.1, 0.15) is 32.6 Å². The molecule has 2 rings (SSSR count). The van der Waals surface area contributed by atoms with Crippen molar-refractivity contribution in [3.8, 4) is 0 Å². The lowest BCUT2D eigenvalue weighted by Gasteiger charge is -2.29. The van der Waals surface area contributed by atoms with Crippen LogP contribution in [0.3, 0.4) is 0 Å². The van der Waals surface area contributed by atoms with Crippen LogP contribution in [0.5, 0.6) is 0 Å². The third-order valence-corrected chi connectivity index (χ3v) is 5.06. The van der Waals surface area contributed by atoms with Crippen molar-refractivity contribution in [3.05, 3.63) is 0 Å². The molecule has 0 aromatic heterocycles. The smallest absolute Gasteiger partial charge is 0.222 e. The maximum absolute atomic E-state index is 12.5. The van der Waals surface area contributed by atoms with E-state index in [2.05, 4.69) is 12.2 Å². The number of likely N-dealkylation sites (tertiary alicyclic amines) is 1. The Kier molecular flexibility index (Phi) is 7.63. The van der Waals surface area contributed by atoms with E-state index < -0.39 is 0 Å². The maximum Gasteiger partial charge on any atom is 0.222 e. The second kappa shape index (κ2) is 9.48. The molecule has 0 bridgehead atoms. The molecule has 2 aliphatic rings. The van der Waals surface area contributed by atoms with E-state index in [1.807, 2.05) is 4.90 Å². The van der Waals surface area contributed by atoms with Gasteiger partial charge in [0.2, 0.25) is 5.91 Å². The topological polar surface area (TPSA) is 50.8 Å². The van der Waals surface area contributed by atoms with Crippen LogP contribution in [0.2, 0.25) is 0 Å². The van der Waals surface area contributed by atoms with Gasteiger partial charge in [-0.2, -0.15) is 0 Å². The highest BCUT2D eigenvalue weighted by molar-refractivity contribution is 5.76. The average molecular weight is 312 g/mol. The number of nitrogens with zero attached hydrogens (tertiary/aromatic N) is 1. The van der Waals surface area contributed by atoms with E-state index in [1.165, 1.54) is 12.8 Å². The molecule has 22 heavy (non-hydrogen) atoms. The zero-order valence-corrected chi connectivity index (χ0v) is 14.2. The predicted octanol–water partition coefficient (Wildman–Crippen LogP) is 1.52. The van der Waals surface area contributed by atoms with Gasteiger partial charge in [-0.25, -0.2) is 0 Å². The Morgan fingerprint density at radius 1 is 1.36 bits per heavy atom. The third kappa shape index (κ3) is 5.52. The van der Waals surface area contributed by atoms with Gasteiger partial charge in [0.15, 0.2) is 0 Å². The first-order valence-corrected chi connectivity index (χ1v) is 8.76. The van der Waals surface area contributed by atoms with Crippen molar-refractivity contribution in [1.29, 1.82) is 0 Å². The van der Waals surface area contributed by atoms with Gasteiger partial charge in [0.1, 0.15) is 0 Å². The highest BCUT2D eigenvalue weighted by atomic mass is 16.5. The summed E-state index contributed by atoms with van der Waals surface area (Å²) in [5.41, 5.74) is 0. The molecule has 0 spiro atoms. The second-order valence-electron chi connectivity index (χ2n) is 6.85. The summed E-state index contributed by atoms with van der Waals surface area (Å²) in [6, 6.07) is 0. The number of carbonyl (C=O) groups excluding carboxylic acids is 1. The van der Waals surface area contributed by atoms with E-state index in [4.69, 9.17) is 9.47 Å². The molecule has 1 amide bonds. The highest BCUT2D eigenvalue weighted by Gasteiger charge is 2.29. The molecule has 2 heterocycles. The quantitative estimate of drug-likeness (QED) is 0.691. The van der Waals surface area contributed by atoms with Gasteiger partial charge in [-0.3, -0.25) is 4.79 Å². The molecule has 0 aromatic rings. The van der Waals surface area contributed by atoms with Crippen LogP contribution in [-0.4, -0.2) is 63.9 Å². The summed E-state index contributed by atoms with van der Waals surface area (Å²) in [6.07, 6.45) is 4.27. The van der Waals surface area contributed by atoms with Crippen molar-refractivity contribution in [1.82, 2.24) is 10.2 Å². The molecule has 0 aliphatic carbocycles. The molecule has 2 fully saturated rings. The van der Waals surface area contributed by atoms with Gasteiger partial charge in [0.25, 0.3) is 0 Å². The largest absolute Gasteiger partial charge is 0.382 e. The molecule has 5 heteroatoms. The van der Waals surface area contributed by atoms with Gasteiger partial charge >= 0.3 is 0 Å². The van der Waals surface area contributed by atoms with E-state index >= 15 is 0 Å². The number of methoxy groups -OCH3 is 1. The minimum absolute atomic E-state index is 0.331. The molecule has 5 nitrogen and oxygen atoms in total. The van der Waals surface area contributed by atoms with Crippen molar-refractivity contribution in [2.45, 2.75) is 32.6 Å². The van der Waals surface area contributed by atoms with Crippen molar-refractivity contribution in [2.24, 2.45) is 17.8 Å². The van der Waals surface area contributed by atoms with Gasteiger partial charge in [0, 0.05) is 32.5 Å². The van der Waals surface area contributed by atoms with Gasteiger partial charge in [0.05, 0.1) is 19.8 Å². The minimum atomic E-state index is 0.331. The van der Waals surface area contributed by atoms with E-state index in [0.717, 1.165) is 39.2 Å². The first-order valence-electron chi connectivity index (χ1n) is 8.76. The van der Waals surface area contributed by atoms with Gasteiger partial charge in [-0.1, -0.05) is 6.92 Å². The Hall–Kier alpha value is -0.650. The van der Waals surface area contributed by atoms with Crippen LogP contribution in [0.25, 0.3) is 0 Å². The molecule has 128 valence electrons. The molecule has 2 aliphatic heterocycles. The van der Waals surface area contributed by atoms with Gasteiger partial charge in [-0.15, -0.1) is 0 Å². The Balaban J connectivity index is 1.65. The third-order valence-electron chi connectivity index (χ3n) is 5.06. The molecule has 0 saturated carbocycles. The Labute approximate surface area is 134 Å². The molecular weight excluding hydrogens is 280 g/mol. The highest BCUT2D eigenvalue weighted by Crippen LogP contribution is 2.25. The summed E-state index contributed by atoms with van der Waals surface area (Å²) in [7, 11) is 1.68. The van der Waals surface area contributed by atoms with E-state index in [9.17, 15) is 4.79 Å². The average Bonchev–Trinajstić information content (AvgIpc) is 3.01. The fraction of sp³-hybridized carbons (Fsp3) is 0.941. The molecular formula is C17H32N2O3. The summed E-state index contributed by atoms with van der Waals surface area (Å²) in [5, 5.41) is 3.45. The van der Waals surface area contributed by atoms with Crippen molar-refractivity contribution in [3.63, 3.8) is 0 Å². The van der Waals surface area contributed by atoms with Crippen LogP contribution in [0.4, 0.5) is 0 Å². The summed E-state index contributed by atoms with van der Waals surface area (Å²) in [6.45, 7) is 8.23. The van der Waals surface area contributed by atoms with Crippen molar-refractivity contribution < 1.29 is 14.3 Å². The molecule has 1 N–H and O–H groups in total. The van der Waals surface area contributed by atoms with Crippen molar-refractivity contribution in [2.75, 3.05) is 53.1 Å². The maximum atomic E-state index is 12.5. The molecule has 3 atom stereocenters. The van der Waals surface area contributed by atoms with Gasteiger partial charge < -0.3 is 19.7 Å². The zero-order chi connectivity index (χ0) is 15.8. The first kappa shape index (κ1) is 17.7. The lowest BCUT2D eigenvalue weighted by molar-refractivity contribution is -0.131. The molecule has 2 saturated heterocycles. The fourth-order valence-electron chi connectivity index (χ4n) is 3.52. The number of piperidine rings is 1. The summed E-state index contributed by atoms with van der Waals surface area (Å²) >= 11 is 0. The summed E-state index contributed by atoms with van der Waals surface area (Å²) < 4.78 is 10.6. The lowest BCUT2D eigenvalue weighted by Crippen LogP contribution is -2.36.